The molecule has 34 heavy (non-hydrogen) atoms. The van der Waals surface area contributed by atoms with Crippen molar-refractivity contribution < 1.29 is 18.0 Å². The van der Waals surface area contributed by atoms with Gasteiger partial charge in [-0.25, -0.2) is 5.43 Å². The summed E-state index contributed by atoms with van der Waals surface area (Å²) in [5, 5.41) is 14.3. The SMILES string of the molecule is O=C(CSc1nnc(SCc2cccc3ccccc23)s1)N/N=C/c1ccccc1C(F)(F)F. The number of carbonyl (C=O) groups excluding carboxylic acids is 1. The summed E-state index contributed by atoms with van der Waals surface area (Å²) in [6, 6.07) is 19.4. The highest BCUT2D eigenvalue weighted by atomic mass is 32.2. The van der Waals surface area contributed by atoms with E-state index in [1.165, 1.54) is 57.6 Å². The van der Waals surface area contributed by atoms with Crippen LogP contribution in [0.4, 0.5) is 13.2 Å². The number of halogens is 3. The Labute approximate surface area is 205 Å². The molecular weight excluding hydrogens is 501 g/mol. The van der Waals surface area contributed by atoms with E-state index in [4.69, 9.17) is 0 Å². The highest BCUT2D eigenvalue weighted by molar-refractivity contribution is 8.03. The fraction of sp³-hybridized carbons (Fsp3) is 0.130. The third-order valence-electron chi connectivity index (χ3n) is 4.60. The summed E-state index contributed by atoms with van der Waals surface area (Å²) < 4.78 is 40.4. The minimum absolute atomic E-state index is 0.0148. The lowest BCUT2D eigenvalue weighted by Crippen LogP contribution is -2.20. The molecule has 0 aliphatic carbocycles. The van der Waals surface area contributed by atoms with Crippen molar-refractivity contribution in [2.75, 3.05) is 5.75 Å². The van der Waals surface area contributed by atoms with E-state index in [0.717, 1.165) is 22.4 Å². The van der Waals surface area contributed by atoms with Gasteiger partial charge in [0.15, 0.2) is 8.68 Å². The van der Waals surface area contributed by atoms with Crippen LogP contribution in [0.3, 0.4) is 0 Å². The van der Waals surface area contributed by atoms with E-state index in [0.29, 0.717) is 4.34 Å². The number of benzene rings is 3. The predicted octanol–water partition coefficient (Wildman–Crippen LogP) is 6.24. The highest BCUT2D eigenvalue weighted by Gasteiger charge is 2.32. The van der Waals surface area contributed by atoms with Crippen molar-refractivity contribution in [1.82, 2.24) is 15.6 Å². The number of amides is 1. The van der Waals surface area contributed by atoms with Gasteiger partial charge in [0.05, 0.1) is 17.5 Å². The summed E-state index contributed by atoms with van der Waals surface area (Å²) in [5.41, 5.74) is 2.51. The summed E-state index contributed by atoms with van der Waals surface area (Å²) in [7, 11) is 0. The summed E-state index contributed by atoms with van der Waals surface area (Å²) in [5.74, 6) is 0.307. The molecule has 0 saturated carbocycles. The van der Waals surface area contributed by atoms with E-state index in [2.05, 4.69) is 45.0 Å². The molecule has 3 aromatic carbocycles. The zero-order chi connectivity index (χ0) is 24.0. The first-order chi connectivity index (χ1) is 16.4. The van der Waals surface area contributed by atoms with Crippen LogP contribution in [0.15, 0.2) is 80.5 Å². The summed E-state index contributed by atoms with van der Waals surface area (Å²) >= 11 is 4.15. The summed E-state index contributed by atoms with van der Waals surface area (Å²) in [6.45, 7) is 0. The maximum atomic E-state index is 13.0. The number of hydrazone groups is 1. The van der Waals surface area contributed by atoms with Crippen LogP contribution in [-0.4, -0.2) is 28.1 Å². The third-order valence-corrected chi connectivity index (χ3v) is 7.84. The molecule has 0 saturated heterocycles. The summed E-state index contributed by atoms with van der Waals surface area (Å²) in [4.78, 5) is 12.0. The largest absolute Gasteiger partial charge is 0.417 e. The molecule has 0 radical (unpaired) electrons. The van der Waals surface area contributed by atoms with Crippen LogP contribution in [-0.2, 0) is 16.7 Å². The first-order valence-electron chi connectivity index (χ1n) is 9.94. The number of hydrogen-bond donors (Lipinski definition) is 1. The van der Waals surface area contributed by atoms with Crippen LogP contribution in [0.2, 0.25) is 0 Å². The zero-order valence-corrected chi connectivity index (χ0v) is 19.9. The van der Waals surface area contributed by atoms with Gasteiger partial charge in [-0.05, 0) is 22.4 Å². The number of alkyl halides is 3. The fourth-order valence-electron chi connectivity index (χ4n) is 3.07. The molecule has 174 valence electrons. The molecule has 0 atom stereocenters. The van der Waals surface area contributed by atoms with Gasteiger partial charge in [-0.2, -0.15) is 18.3 Å². The van der Waals surface area contributed by atoms with E-state index in [9.17, 15) is 18.0 Å². The van der Waals surface area contributed by atoms with Crippen LogP contribution in [0.25, 0.3) is 10.8 Å². The van der Waals surface area contributed by atoms with Crippen LogP contribution in [0, 0.1) is 0 Å². The Kier molecular flexibility index (Phi) is 7.86. The topological polar surface area (TPSA) is 67.2 Å². The Balaban J connectivity index is 1.27. The number of fused-ring (bicyclic) bond motifs is 1. The van der Waals surface area contributed by atoms with Gasteiger partial charge in [-0.1, -0.05) is 95.5 Å². The molecule has 4 aromatic rings. The Morgan fingerprint density at radius 1 is 0.971 bits per heavy atom. The highest BCUT2D eigenvalue weighted by Crippen LogP contribution is 2.33. The van der Waals surface area contributed by atoms with E-state index in [1.807, 2.05) is 18.2 Å². The van der Waals surface area contributed by atoms with Gasteiger partial charge < -0.3 is 0 Å². The first kappa shape index (κ1) is 24.2. The van der Waals surface area contributed by atoms with Crippen molar-refractivity contribution >= 4 is 57.8 Å². The van der Waals surface area contributed by atoms with Gasteiger partial charge in [0.25, 0.3) is 5.91 Å². The second-order valence-electron chi connectivity index (χ2n) is 6.93. The Hall–Kier alpha value is -2.89. The molecule has 1 N–H and O–H groups in total. The number of nitrogens with one attached hydrogen (secondary N) is 1. The smallest absolute Gasteiger partial charge is 0.272 e. The van der Waals surface area contributed by atoms with Crippen molar-refractivity contribution in [3.8, 4) is 0 Å². The van der Waals surface area contributed by atoms with Crippen molar-refractivity contribution in [3.63, 3.8) is 0 Å². The standard InChI is InChI=1S/C23H17F3N4OS3/c24-23(25,26)19-11-4-2-7-16(19)12-27-28-20(31)14-33-22-30-29-21(34-22)32-13-17-9-5-8-15-6-1-3-10-18(15)17/h1-12H,13-14H2,(H,28,31)/b27-12+. The average Bonchev–Trinajstić information content (AvgIpc) is 3.29. The lowest BCUT2D eigenvalue weighted by Gasteiger charge is -2.09. The monoisotopic (exact) mass is 518 g/mol. The molecule has 0 fully saturated rings. The van der Waals surface area contributed by atoms with Gasteiger partial charge in [-0.3, -0.25) is 4.79 Å². The minimum Gasteiger partial charge on any atom is -0.272 e. The molecule has 5 nitrogen and oxygen atoms in total. The molecule has 0 spiro atoms. The summed E-state index contributed by atoms with van der Waals surface area (Å²) in [6.07, 6.45) is -3.51. The fourth-order valence-corrected chi connectivity index (χ4v) is 5.89. The van der Waals surface area contributed by atoms with Gasteiger partial charge >= 0.3 is 6.18 Å². The Morgan fingerprint density at radius 2 is 1.68 bits per heavy atom. The normalized spacial score (nSPS) is 11.9. The zero-order valence-electron chi connectivity index (χ0n) is 17.5. The Morgan fingerprint density at radius 3 is 2.50 bits per heavy atom. The number of hydrogen-bond acceptors (Lipinski definition) is 7. The number of rotatable bonds is 8. The van der Waals surface area contributed by atoms with Crippen LogP contribution in [0.1, 0.15) is 16.7 Å². The van der Waals surface area contributed by atoms with E-state index < -0.39 is 17.6 Å². The third kappa shape index (κ3) is 6.37. The van der Waals surface area contributed by atoms with E-state index >= 15 is 0 Å². The lowest BCUT2D eigenvalue weighted by atomic mass is 10.1. The molecule has 1 amide bonds. The number of nitrogens with zero attached hydrogens (tertiary/aromatic N) is 3. The van der Waals surface area contributed by atoms with Crippen LogP contribution < -0.4 is 5.43 Å². The quantitative estimate of drug-likeness (QED) is 0.170. The average molecular weight is 519 g/mol. The molecular formula is C23H17F3N4OS3. The maximum absolute atomic E-state index is 13.0. The van der Waals surface area contributed by atoms with Gasteiger partial charge in [-0.15, -0.1) is 10.2 Å². The molecule has 4 rings (SSSR count). The first-order valence-corrected chi connectivity index (χ1v) is 12.7. The minimum atomic E-state index is -4.50. The van der Waals surface area contributed by atoms with Crippen LogP contribution in [0.5, 0.6) is 0 Å². The molecule has 0 bridgehead atoms. The van der Waals surface area contributed by atoms with E-state index in [-0.39, 0.29) is 11.3 Å². The molecule has 1 heterocycles. The van der Waals surface area contributed by atoms with Crippen molar-refractivity contribution in [2.24, 2.45) is 5.10 Å². The predicted molar refractivity (Wildman–Crippen MR) is 131 cm³/mol. The molecule has 1 aromatic heterocycles. The van der Waals surface area contributed by atoms with Crippen LogP contribution >= 0.6 is 34.9 Å². The molecule has 0 aliphatic heterocycles. The molecule has 0 aliphatic rings. The van der Waals surface area contributed by atoms with Crippen molar-refractivity contribution in [1.29, 1.82) is 0 Å². The van der Waals surface area contributed by atoms with Gasteiger partial charge in [0, 0.05) is 11.3 Å². The van der Waals surface area contributed by atoms with Gasteiger partial charge in [0.2, 0.25) is 0 Å². The van der Waals surface area contributed by atoms with E-state index in [1.54, 1.807) is 11.8 Å². The second kappa shape index (κ2) is 11.0. The number of thioether (sulfide) groups is 2. The van der Waals surface area contributed by atoms with Gasteiger partial charge in [0.1, 0.15) is 0 Å². The Bertz CT molecular complexity index is 1320. The molecule has 0 unspecified atom stereocenters. The maximum Gasteiger partial charge on any atom is 0.417 e. The molecule has 11 heteroatoms. The number of aromatic nitrogens is 2. The second-order valence-corrected chi connectivity index (χ2v) is 10.4. The number of carbonyl (C=O) groups is 1. The van der Waals surface area contributed by atoms with Crippen molar-refractivity contribution in [2.45, 2.75) is 20.6 Å². The van der Waals surface area contributed by atoms with Crippen molar-refractivity contribution in [3.05, 3.63) is 83.4 Å². The lowest BCUT2D eigenvalue weighted by molar-refractivity contribution is -0.137.